The van der Waals surface area contributed by atoms with E-state index in [1.807, 2.05) is 37.2 Å². The first-order chi connectivity index (χ1) is 14.4. The van der Waals surface area contributed by atoms with Crippen molar-refractivity contribution in [1.29, 1.82) is 0 Å². The summed E-state index contributed by atoms with van der Waals surface area (Å²) in [6, 6.07) is 8.89. The summed E-state index contributed by atoms with van der Waals surface area (Å²) < 4.78 is 24.3. The third kappa shape index (κ3) is 6.04. The molecule has 0 saturated carbocycles. The maximum absolute atomic E-state index is 13.1. The molecule has 2 heterocycles. The van der Waals surface area contributed by atoms with Gasteiger partial charge in [0.1, 0.15) is 18.2 Å². The van der Waals surface area contributed by atoms with E-state index in [4.69, 9.17) is 9.47 Å². The fourth-order valence-electron chi connectivity index (χ4n) is 3.47. The van der Waals surface area contributed by atoms with E-state index in [-0.39, 0.29) is 5.82 Å². The summed E-state index contributed by atoms with van der Waals surface area (Å²) in [7, 11) is 5.64. The van der Waals surface area contributed by atoms with Crippen LogP contribution in [-0.2, 0) is 6.54 Å². The second-order valence-corrected chi connectivity index (χ2v) is 7.97. The van der Waals surface area contributed by atoms with Crippen LogP contribution in [0.3, 0.4) is 0 Å². The first kappa shape index (κ1) is 22.3. The highest BCUT2D eigenvalue weighted by Gasteiger charge is 2.36. The Hall–Kier alpha value is -2.42. The van der Waals surface area contributed by atoms with Crippen LogP contribution < -0.4 is 19.7 Å². The van der Waals surface area contributed by atoms with Crippen molar-refractivity contribution in [3.05, 3.63) is 47.9 Å². The number of likely N-dealkylation sites (N-methyl/N-ethyl adjacent to an activating group) is 1. The van der Waals surface area contributed by atoms with Gasteiger partial charge in [-0.05, 0) is 50.3 Å². The summed E-state index contributed by atoms with van der Waals surface area (Å²) in [5.41, 5.74) is 0.195. The molecule has 1 unspecified atom stereocenters. The molecule has 1 atom stereocenters. The molecule has 0 bridgehead atoms. The van der Waals surface area contributed by atoms with E-state index in [9.17, 15) is 9.50 Å². The van der Waals surface area contributed by atoms with Gasteiger partial charge in [-0.25, -0.2) is 9.37 Å². The summed E-state index contributed by atoms with van der Waals surface area (Å²) in [5.74, 6) is 1.74. The minimum Gasteiger partial charge on any atom is -0.493 e. The van der Waals surface area contributed by atoms with Crippen molar-refractivity contribution in [3.8, 4) is 11.5 Å². The third-order valence-corrected chi connectivity index (χ3v) is 5.18. The fraction of sp³-hybridized carbons (Fsp3) is 0.500. The molecule has 2 N–H and O–H groups in total. The topological polar surface area (TPSA) is 70.1 Å². The number of β-amino-alcohol motifs (C(OH)–C–C–N with tert-alkyl or cyclic N) is 1. The van der Waals surface area contributed by atoms with Gasteiger partial charge in [-0.15, -0.1) is 0 Å². The lowest BCUT2D eigenvalue weighted by atomic mass is 10.0. The van der Waals surface area contributed by atoms with E-state index in [2.05, 4.69) is 15.2 Å². The molecule has 2 aromatic rings. The normalized spacial score (nSPS) is 18.8. The minimum atomic E-state index is -0.852. The molecule has 7 nitrogen and oxygen atoms in total. The highest BCUT2D eigenvalue weighted by molar-refractivity contribution is 5.43. The van der Waals surface area contributed by atoms with Gasteiger partial charge < -0.3 is 29.7 Å². The van der Waals surface area contributed by atoms with Gasteiger partial charge in [-0.3, -0.25) is 0 Å². The summed E-state index contributed by atoms with van der Waals surface area (Å²) in [6.45, 7) is 3.62. The number of anilines is 1. The predicted octanol–water partition coefficient (Wildman–Crippen LogP) is 1.90. The standard InChI is InChI=1S/C22H31FN4O3/c1-26(2)10-11-30-19-6-4-17(12-20(19)29-3)13-24-15-22(28)8-9-27(16-22)21-7-5-18(23)14-25-21/h4-7,12,14,24,28H,8-11,13,15-16H2,1-3H3. The van der Waals surface area contributed by atoms with Crippen LogP contribution in [0, 0.1) is 5.82 Å². The van der Waals surface area contributed by atoms with Gasteiger partial charge in [0.15, 0.2) is 11.5 Å². The number of methoxy groups -OCH3 is 1. The zero-order chi connectivity index (χ0) is 21.6. The van der Waals surface area contributed by atoms with Crippen molar-refractivity contribution in [2.45, 2.75) is 18.6 Å². The second-order valence-electron chi connectivity index (χ2n) is 7.97. The number of pyridine rings is 1. The molecule has 0 amide bonds. The maximum Gasteiger partial charge on any atom is 0.161 e. The molecule has 0 aliphatic carbocycles. The lowest BCUT2D eigenvalue weighted by molar-refractivity contribution is 0.0626. The summed E-state index contributed by atoms with van der Waals surface area (Å²) in [6.07, 6.45) is 1.83. The number of hydrogen-bond donors (Lipinski definition) is 2. The largest absolute Gasteiger partial charge is 0.493 e. The van der Waals surface area contributed by atoms with Crippen LogP contribution in [-0.4, -0.2) is 74.6 Å². The molecule has 164 valence electrons. The van der Waals surface area contributed by atoms with E-state index >= 15 is 0 Å². The van der Waals surface area contributed by atoms with Crippen molar-refractivity contribution in [2.75, 3.05) is 58.9 Å². The van der Waals surface area contributed by atoms with Gasteiger partial charge in [0.05, 0.1) is 18.9 Å². The average molecular weight is 419 g/mol. The molecule has 1 aromatic carbocycles. The number of nitrogens with zero attached hydrogens (tertiary/aromatic N) is 3. The number of aromatic nitrogens is 1. The Kier molecular flexibility index (Phi) is 7.47. The zero-order valence-electron chi connectivity index (χ0n) is 17.9. The van der Waals surface area contributed by atoms with Gasteiger partial charge in [0, 0.05) is 32.7 Å². The highest BCUT2D eigenvalue weighted by atomic mass is 19.1. The number of benzene rings is 1. The van der Waals surface area contributed by atoms with E-state index in [0.29, 0.717) is 50.8 Å². The second kappa shape index (κ2) is 10.1. The highest BCUT2D eigenvalue weighted by Crippen LogP contribution is 2.28. The minimum absolute atomic E-state index is 0.362. The first-order valence-corrected chi connectivity index (χ1v) is 10.1. The Morgan fingerprint density at radius 3 is 2.80 bits per heavy atom. The van der Waals surface area contributed by atoms with E-state index in [0.717, 1.165) is 17.9 Å². The van der Waals surface area contributed by atoms with Crippen LogP contribution in [0.15, 0.2) is 36.5 Å². The Bertz CT molecular complexity index is 819. The van der Waals surface area contributed by atoms with Crippen molar-refractivity contribution in [2.24, 2.45) is 0 Å². The molecule has 30 heavy (non-hydrogen) atoms. The molecular weight excluding hydrogens is 387 g/mol. The van der Waals surface area contributed by atoms with E-state index in [1.165, 1.54) is 12.3 Å². The van der Waals surface area contributed by atoms with Crippen LogP contribution in [0.1, 0.15) is 12.0 Å². The zero-order valence-corrected chi connectivity index (χ0v) is 17.9. The summed E-state index contributed by atoms with van der Waals surface area (Å²) in [4.78, 5) is 8.14. The van der Waals surface area contributed by atoms with Crippen molar-refractivity contribution in [3.63, 3.8) is 0 Å². The van der Waals surface area contributed by atoms with Gasteiger partial charge in [-0.1, -0.05) is 6.07 Å². The Morgan fingerprint density at radius 2 is 2.10 bits per heavy atom. The van der Waals surface area contributed by atoms with E-state index < -0.39 is 5.60 Å². The quantitative estimate of drug-likeness (QED) is 0.611. The number of nitrogens with one attached hydrogen (secondary N) is 1. The predicted molar refractivity (Wildman–Crippen MR) is 115 cm³/mol. The molecule has 0 spiro atoms. The molecule has 0 radical (unpaired) electrons. The fourth-order valence-corrected chi connectivity index (χ4v) is 3.47. The SMILES string of the molecule is COc1cc(CNCC2(O)CCN(c3ccc(F)cn3)C2)ccc1OCCN(C)C. The maximum atomic E-state index is 13.1. The number of halogens is 1. The molecule has 1 fully saturated rings. The average Bonchev–Trinajstić information content (AvgIpc) is 3.11. The summed E-state index contributed by atoms with van der Waals surface area (Å²) >= 11 is 0. The smallest absolute Gasteiger partial charge is 0.161 e. The van der Waals surface area contributed by atoms with Gasteiger partial charge in [-0.2, -0.15) is 0 Å². The van der Waals surface area contributed by atoms with E-state index in [1.54, 1.807) is 13.2 Å². The molecule has 1 aliphatic rings. The van der Waals surface area contributed by atoms with Crippen LogP contribution >= 0.6 is 0 Å². The monoisotopic (exact) mass is 418 g/mol. The number of hydrogen-bond acceptors (Lipinski definition) is 7. The lowest BCUT2D eigenvalue weighted by Gasteiger charge is -2.24. The van der Waals surface area contributed by atoms with Crippen LogP contribution in [0.5, 0.6) is 11.5 Å². The number of aliphatic hydroxyl groups is 1. The Morgan fingerprint density at radius 1 is 1.27 bits per heavy atom. The van der Waals surface area contributed by atoms with Crippen LogP contribution in [0.25, 0.3) is 0 Å². The molecule has 8 heteroatoms. The molecule has 3 rings (SSSR count). The van der Waals surface area contributed by atoms with Crippen molar-refractivity contribution < 1.29 is 19.0 Å². The molecule has 1 aromatic heterocycles. The summed E-state index contributed by atoms with van der Waals surface area (Å²) in [5, 5.41) is 14.2. The lowest BCUT2D eigenvalue weighted by Crippen LogP contribution is -2.43. The van der Waals surface area contributed by atoms with Crippen molar-refractivity contribution >= 4 is 5.82 Å². The van der Waals surface area contributed by atoms with Gasteiger partial charge in [0.2, 0.25) is 0 Å². The van der Waals surface area contributed by atoms with Gasteiger partial charge in [0.25, 0.3) is 0 Å². The number of rotatable bonds is 10. The van der Waals surface area contributed by atoms with Crippen LogP contribution in [0.2, 0.25) is 0 Å². The van der Waals surface area contributed by atoms with Crippen LogP contribution in [0.4, 0.5) is 10.2 Å². The van der Waals surface area contributed by atoms with Crippen molar-refractivity contribution in [1.82, 2.24) is 15.2 Å². The Balaban J connectivity index is 1.50. The molecule has 1 aliphatic heterocycles. The van der Waals surface area contributed by atoms with Gasteiger partial charge >= 0.3 is 0 Å². The number of ether oxygens (including phenoxy) is 2. The molecule has 1 saturated heterocycles. The Labute approximate surface area is 177 Å². The third-order valence-electron chi connectivity index (χ3n) is 5.18. The molecular formula is C22H31FN4O3. The first-order valence-electron chi connectivity index (χ1n) is 10.1.